The largest absolute Gasteiger partial charge is 0.530 e. The molecule has 0 aliphatic carbocycles. The smallest absolute Gasteiger partial charge is 0.326 e. The summed E-state index contributed by atoms with van der Waals surface area (Å²) in [5.74, 6) is -1.05. The van der Waals surface area contributed by atoms with Crippen molar-refractivity contribution in [1.82, 2.24) is 10.6 Å². The third kappa shape index (κ3) is 39.2. The fraction of sp³-hybridized carbons (Fsp3) is 0.885. The molecule has 256 valence electrons. The summed E-state index contributed by atoms with van der Waals surface area (Å²) < 4.78 is 47.2. The maximum atomic E-state index is 10.5. The van der Waals surface area contributed by atoms with Gasteiger partial charge in [0.25, 0.3) is 0 Å². The molecule has 1 unspecified atom stereocenters. The van der Waals surface area contributed by atoms with E-state index >= 15 is 0 Å². The molecule has 0 aliphatic rings. The van der Waals surface area contributed by atoms with Crippen LogP contribution in [-0.2, 0) is 57.0 Å². The first-order valence-corrected chi connectivity index (χ1v) is 13.7. The minimum atomic E-state index is -1.05. The molecule has 1 atom stereocenters. The van der Waals surface area contributed by atoms with Crippen LogP contribution in [0, 0.1) is 0 Å². The summed E-state index contributed by atoms with van der Waals surface area (Å²) >= 11 is 0. The molecular weight excluding hydrogens is 805 g/mol. The average Bonchev–Trinajstić information content (AvgIpc) is 2.97. The van der Waals surface area contributed by atoms with E-state index in [0.29, 0.717) is 138 Å². The molecule has 0 radical (unpaired) electrons. The van der Waals surface area contributed by atoms with Crippen molar-refractivity contribution in [3.63, 3.8) is 0 Å². The number of nitrogens with one attached hydrogen (secondary N) is 2. The van der Waals surface area contributed by atoms with Gasteiger partial charge in [0.2, 0.25) is 6.41 Å². The molecule has 3 N–H and O–H groups in total. The molecule has 0 rings (SSSR count). The molecule has 42 heavy (non-hydrogen) atoms. The quantitative estimate of drug-likeness (QED) is 0.0331. The zero-order valence-electron chi connectivity index (χ0n) is 24.9. The average molecular weight is 857 g/mol. The summed E-state index contributed by atoms with van der Waals surface area (Å²) in [5, 5.41) is 13.1. The topological polar surface area (TPSA) is 179 Å². The number of aliphatic carboxylic acids is 1. The van der Waals surface area contributed by atoms with Crippen molar-refractivity contribution in [3.8, 4) is 0 Å². The molecular formula is C26H51FmN2O13-. The Hall–Kier alpha value is -2.95. The number of hydrogen-bond donors (Lipinski definition) is 3. The number of carbonyl (C=O) groups excluding carboxylic acids is 2. The Bertz CT molecular complexity index is 530. The maximum absolute atomic E-state index is 10.5. The minimum absolute atomic E-state index is 0. The van der Waals surface area contributed by atoms with Gasteiger partial charge in [-0.1, -0.05) is 0 Å². The Morgan fingerprint density at radius 3 is 1.26 bits per heavy atom. The Labute approximate surface area is 243 Å². The normalized spacial score (nSPS) is 11.1. The third-order valence-electron chi connectivity index (χ3n) is 4.78. The van der Waals surface area contributed by atoms with Gasteiger partial charge in [0.15, 0.2) is 0 Å². The Morgan fingerprint density at radius 2 is 1.00 bits per heavy atom. The predicted octanol–water partition coefficient (Wildman–Crippen LogP) is -0.592. The number of unbranched alkanes of at least 4 members (excludes halogenated alkanes) is 1. The maximum Gasteiger partial charge on any atom is 0.326 e. The van der Waals surface area contributed by atoms with Gasteiger partial charge in [0.1, 0.15) is 6.04 Å². The first-order chi connectivity index (χ1) is 20.1. The van der Waals surface area contributed by atoms with Gasteiger partial charge in [0.05, 0.1) is 106 Å². The van der Waals surface area contributed by atoms with Crippen molar-refractivity contribution in [1.29, 1.82) is 0 Å². The summed E-state index contributed by atoms with van der Waals surface area (Å²) in [4.78, 5) is 30.3. The van der Waals surface area contributed by atoms with Crippen LogP contribution in [0.5, 0.6) is 0 Å². The van der Waals surface area contributed by atoms with E-state index in [0.717, 1.165) is 0 Å². The van der Waals surface area contributed by atoms with Gasteiger partial charge in [-0.05, 0) is 25.8 Å². The number of carbonyl (C=O) groups is 2. The van der Waals surface area contributed by atoms with E-state index in [-0.39, 0.29) is 0 Å². The van der Waals surface area contributed by atoms with Crippen molar-refractivity contribution >= 4 is 18.8 Å². The Morgan fingerprint density at radius 1 is 0.667 bits per heavy atom. The molecule has 0 spiro atoms. The van der Waals surface area contributed by atoms with Crippen LogP contribution in [0.15, 0.2) is 0 Å². The fourth-order valence-corrected chi connectivity index (χ4v) is 2.68. The van der Waals surface area contributed by atoms with Gasteiger partial charge >= 0.3 is 5.97 Å². The first kappa shape index (κ1) is 43.5. The van der Waals surface area contributed by atoms with Crippen LogP contribution in [-0.4, -0.2) is 156 Å². The molecule has 0 bridgehead atoms. The molecule has 2 amide bonds. The van der Waals surface area contributed by atoms with Crippen LogP contribution in [0.3, 0.4) is 0 Å². The van der Waals surface area contributed by atoms with Gasteiger partial charge in [-0.25, -0.2) is 4.79 Å². The van der Waals surface area contributed by atoms with E-state index < -0.39 is 12.0 Å². The summed E-state index contributed by atoms with van der Waals surface area (Å²) in [7, 11) is 3.29. The molecule has 0 aliphatic heterocycles. The molecule has 0 aromatic heterocycles. The summed E-state index contributed by atoms with van der Waals surface area (Å²) in [6, 6.07) is -0.840. The number of methoxy groups -OCH3 is 2. The van der Waals surface area contributed by atoms with Gasteiger partial charge in [-0.3, -0.25) is 4.79 Å². The molecule has 0 heterocycles. The van der Waals surface area contributed by atoms with E-state index in [1.54, 1.807) is 14.2 Å². The molecule has 0 saturated heterocycles. The van der Waals surface area contributed by atoms with E-state index in [1.807, 2.05) is 0 Å². The first-order valence-electron chi connectivity index (χ1n) is 13.7. The molecule has 0 aromatic rings. The van der Waals surface area contributed by atoms with Crippen molar-refractivity contribution in [2.45, 2.75) is 25.3 Å². The standard InChI is InChI=1S/C18H38O9.C8H13N2O4.Fm/c1-19-3-5-21-7-9-23-11-13-25-15-17-27-18-16-26-14-12-24-10-8-22-6-4-20-2;11-5-9-4-2-1-3-7(8(13)14)10-6-12;/h3-18H2,1-2H3;6-7H,1-4H2,(H,9,11)(H,10,12)(H,13,14);/q;-1;. The van der Waals surface area contributed by atoms with E-state index in [2.05, 4.69) is 10.6 Å². The second-order valence-electron chi connectivity index (χ2n) is 7.97. The van der Waals surface area contributed by atoms with Crippen LogP contribution in [0.4, 0.5) is 0 Å². The monoisotopic (exact) mass is 856 g/mol. The number of carboxylic acid groups (broad SMARTS) is 1. The van der Waals surface area contributed by atoms with Gasteiger partial charge in [0, 0.05) is 14.2 Å². The molecule has 16 heteroatoms. The van der Waals surface area contributed by atoms with Gasteiger partial charge in [-0.2, -0.15) is 6.41 Å². The van der Waals surface area contributed by atoms with Crippen molar-refractivity contribution in [2.75, 3.05) is 126 Å². The van der Waals surface area contributed by atoms with Gasteiger partial charge in [-0.15, -0.1) is 0 Å². The number of hydrogen-bond acceptors (Lipinski definition) is 12. The number of carboxylic acids is 1. The molecule has 0 saturated carbocycles. The van der Waals surface area contributed by atoms with Crippen LogP contribution in [0.1, 0.15) is 19.3 Å². The van der Waals surface area contributed by atoms with Crippen molar-refractivity contribution in [2.24, 2.45) is 0 Å². The van der Waals surface area contributed by atoms with Crippen LogP contribution >= 0.6 is 0 Å². The van der Waals surface area contributed by atoms with Crippen molar-refractivity contribution in [3.05, 3.63) is 0 Å². The third-order valence-corrected chi connectivity index (χ3v) is 4.78. The van der Waals surface area contributed by atoms with Crippen LogP contribution < -0.4 is 10.6 Å². The predicted molar refractivity (Wildman–Crippen MR) is 148 cm³/mol. The van der Waals surface area contributed by atoms with Gasteiger partial charge < -0.3 is 63.2 Å². The number of amides is 2. The van der Waals surface area contributed by atoms with E-state index in [9.17, 15) is 14.4 Å². The minimum Gasteiger partial charge on any atom is -0.530 e. The van der Waals surface area contributed by atoms with Crippen LogP contribution in [0.25, 0.3) is 0 Å². The second kappa shape index (κ2) is 40.2. The zero-order chi connectivity index (χ0) is 30.5. The summed E-state index contributed by atoms with van der Waals surface area (Å²) in [6.07, 6.45) is 3.53. The molecule has 0 aromatic carbocycles. The molecule has 15 nitrogen and oxygen atoms in total. The van der Waals surface area contributed by atoms with Crippen LogP contribution in [0.2, 0.25) is 0 Å². The summed E-state index contributed by atoms with van der Waals surface area (Å²) in [6.45, 7) is 9.48. The fourth-order valence-electron chi connectivity index (χ4n) is 2.68. The van der Waals surface area contributed by atoms with E-state index in [1.165, 1.54) is 6.41 Å². The number of ether oxygens (including phenoxy) is 9. The Balaban J connectivity index is -0.000000857. The van der Waals surface area contributed by atoms with Crippen molar-refractivity contribution < 1.29 is 62.1 Å². The second-order valence-corrected chi connectivity index (χ2v) is 7.97. The number of rotatable bonds is 33. The summed E-state index contributed by atoms with van der Waals surface area (Å²) in [5.41, 5.74) is 0. The Kier molecular flexibility index (Phi) is 41.6. The molecule has 0 fully saturated rings. The SMILES string of the molecule is COCCOCCOCCOCCOCCOCCOCCOCCOC.O=[C-]NCCCCC(NC=O)C(=O)O.[Fm]. The zero-order valence-corrected chi connectivity index (χ0v) is 27.3. The van der Waals surface area contributed by atoms with E-state index in [4.69, 9.17) is 47.7 Å².